The molecule has 2 heteroatoms. The third kappa shape index (κ3) is 4.39. The van der Waals surface area contributed by atoms with E-state index in [1.165, 1.54) is 6.54 Å². The van der Waals surface area contributed by atoms with Crippen LogP contribution in [0.1, 0.15) is 6.92 Å². The summed E-state index contributed by atoms with van der Waals surface area (Å²) in [5, 5.41) is 0. The highest BCUT2D eigenvalue weighted by atomic mass is 31.0. The fourth-order valence-corrected chi connectivity index (χ4v) is 0. The molecule has 1 unspecified atom stereocenters. The molecule has 0 saturated carbocycles. The Morgan fingerprint density at radius 1 is 1.50 bits per heavy atom. The Balaban J connectivity index is 3.17. The van der Waals surface area contributed by atoms with Crippen molar-refractivity contribution >= 4 is 9.39 Å². The van der Waals surface area contributed by atoms with Crippen LogP contribution in [0.15, 0.2) is 0 Å². The van der Waals surface area contributed by atoms with E-state index < -0.39 is 0 Å². The Kier molecular flexibility index (Phi) is 2.03. The number of quaternary nitrogens is 1. The summed E-state index contributed by atoms with van der Waals surface area (Å²) in [5.41, 5.74) is 0. The molecule has 0 bridgehead atoms. The molecule has 0 fully saturated rings. The fraction of sp³-hybridized carbons (Fsp3) is 1.00. The zero-order chi connectivity index (χ0) is 5.21. The van der Waals surface area contributed by atoms with Crippen molar-refractivity contribution in [1.82, 2.24) is 0 Å². The highest BCUT2D eigenvalue weighted by Gasteiger charge is 1.98. The lowest BCUT2D eigenvalue weighted by Gasteiger charge is -2.19. The second-order valence-corrected chi connectivity index (χ2v) is 3.49. The summed E-state index contributed by atoms with van der Waals surface area (Å²) in [7, 11) is 7.02. The lowest BCUT2D eigenvalue weighted by molar-refractivity contribution is -0.752. The van der Waals surface area contributed by atoms with Gasteiger partial charge in [0.1, 0.15) is 0 Å². The molecule has 0 N–H and O–H groups in total. The Labute approximate surface area is 42.2 Å². The third-order valence-corrected chi connectivity index (χ3v) is 1.18. The molecule has 0 amide bonds. The van der Waals surface area contributed by atoms with E-state index in [-0.39, 0.29) is 0 Å². The second-order valence-electron chi connectivity index (χ2n) is 2.09. The first-order valence-electron chi connectivity index (χ1n) is 2.18. The predicted molar refractivity (Wildman–Crippen MR) is 32.4 cm³/mol. The standard InChI is InChI=1S/C4H13NP/c1-4-5(2,3)6/h4,6H2,1-3H3/q+1. The van der Waals surface area contributed by atoms with Crippen LogP contribution in [0.3, 0.4) is 0 Å². The van der Waals surface area contributed by atoms with E-state index in [1.54, 1.807) is 0 Å². The summed E-state index contributed by atoms with van der Waals surface area (Å²) in [6.45, 7) is 3.33. The topological polar surface area (TPSA) is 0 Å². The molecule has 38 valence electrons. The molecule has 0 aliphatic heterocycles. The minimum absolute atomic E-state index is 0.986. The van der Waals surface area contributed by atoms with Crippen molar-refractivity contribution in [3.05, 3.63) is 0 Å². The van der Waals surface area contributed by atoms with Gasteiger partial charge in [-0.2, -0.15) is 0 Å². The zero-order valence-corrected chi connectivity index (χ0v) is 5.89. The summed E-state index contributed by atoms with van der Waals surface area (Å²) in [4.78, 5) is 0. The van der Waals surface area contributed by atoms with Crippen molar-refractivity contribution in [3.8, 4) is 0 Å². The Hall–Kier alpha value is 0.390. The lowest BCUT2D eigenvalue weighted by Crippen LogP contribution is -2.25. The van der Waals surface area contributed by atoms with Crippen LogP contribution in [0.4, 0.5) is 0 Å². The first kappa shape index (κ1) is 6.39. The van der Waals surface area contributed by atoms with Crippen molar-refractivity contribution < 1.29 is 4.25 Å². The Bertz CT molecular complexity index is 37.3. The van der Waals surface area contributed by atoms with Gasteiger partial charge in [0.05, 0.1) is 30.0 Å². The molecular weight excluding hydrogens is 93.0 g/mol. The number of hydrogen-bond donors (Lipinski definition) is 0. The van der Waals surface area contributed by atoms with Crippen molar-refractivity contribution in [3.63, 3.8) is 0 Å². The first-order chi connectivity index (χ1) is 2.56. The normalized spacial score (nSPS) is 12.0. The van der Waals surface area contributed by atoms with Gasteiger partial charge >= 0.3 is 0 Å². The van der Waals surface area contributed by atoms with Gasteiger partial charge in [-0.05, 0) is 6.92 Å². The van der Waals surface area contributed by atoms with Gasteiger partial charge in [0.25, 0.3) is 0 Å². The van der Waals surface area contributed by atoms with Gasteiger partial charge in [-0.15, -0.1) is 0 Å². The lowest BCUT2D eigenvalue weighted by atomic mass is 10.7. The van der Waals surface area contributed by atoms with Gasteiger partial charge in [0.2, 0.25) is 0 Å². The van der Waals surface area contributed by atoms with Gasteiger partial charge in [0.15, 0.2) is 0 Å². The number of rotatable bonds is 1. The Morgan fingerprint density at radius 2 is 1.67 bits per heavy atom. The van der Waals surface area contributed by atoms with Gasteiger partial charge < -0.3 is 4.25 Å². The van der Waals surface area contributed by atoms with E-state index in [9.17, 15) is 0 Å². The molecule has 0 aliphatic carbocycles. The summed E-state index contributed by atoms with van der Waals surface area (Å²) < 4.78 is 0.986. The molecule has 0 spiro atoms. The number of hydrogen-bond acceptors (Lipinski definition) is 0. The van der Waals surface area contributed by atoms with E-state index in [0.29, 0.717) is 0 Å². The fourth-order valence-electron chi connectivity index (χ4n) is 0. The highest BCUT2D eigenvalue weighted by Crippen LogP contribution is 2.02. The molecule has 0 heterocycles. The Morgan fingerprint density at radius 3 is 1.67 bits per heavy atom. The molecule has 1 nitrogen and oxygen atoms in total. The maximum atomic E-state index is 2.73. The molecule has 0 aromatic heterocycles. The molecule has 0 saturated heterocycles. The van der Waals surface area contributed by atoms with Crippen molar-refractivity contribution in [1.29, 1.82) is 0 Å². The largest absolute Gasteiger partial charge is 0.319 e. The van der Waals surface area contributed by atoms with Crippen LogP contribution in [0, 0.1) is 0 Å². The summed E-state index contributed by atoms with van der Waals surface area (Å²) in [6.07, 6.45) is 0. The highest BCUT2D eigenvalue weighted by molar-refractivity contribution is 7.08. The molecule has 0 aromatic carbocycles. The average Bonchev–Trinajstić information content (AvgIpc) is 1.35. The molecule has 1 atom stereocenters. The molecule has 0 radical (unpaired) electrons. The average molecular weight is 106 g/mol. The quantitative estimate of drug-likeness (QED) is 0.435. The van der Waals surface area contributed by atoms with E-state index >= 15 is 0 Å². The second kappa shape index (κ2) is 1.90. The monoisotopic (exact) mass is 106 g/mol. The van der Waals surface area contributed by atoms with Crippen molar-refractivity contribution in [2.45, 2.75) is 6.92 Å². The maximum Gasteiger partial charge on any atom is 0.0760 e. The molecule has 0 aliphatic rings. The minimum atomic E-state index is 0.986. The van der Waals surface area contributed by atoms with E-state index in [4.69, 9.17) is 0 Å². The summed E-state index contributed by atoms with van der Waals surface area (Å²) in [6, 6.07) is 0. The van der Waals surface area contributed by atoms with E-state index in [1.807, 2.05) is 0 Å². The van der Waals surface area contributed by atoms with Gasteiger partial charge in [-0.25, -0.2) is 0 Å². The molecular formula is C4H13NP+. The van der Waals surface area contributed by atoms with Gasteiger partial charge in [0, 0.05) is 0 Å². The van der Waals surface area contributed by atoms with Crippen LogP contribution in [0.5, 0.6) is 0 Å². The van der Waals surface area contributed by atoms with Gasteiger partial charge in [-0.1, -0.05) is 0 Å². The SMILES string of the molecule is CC[N+](C)(C)P. The molecule has 0 aromatic rings. The smallest absolute Gasteiger partial charge is 0.0760 e. The van der Waals surface area contributed by atoms with Crippen LogP contribution in [-0.2, 0) is 0 Å². The minimum Gasteiger partial charge on any atom is -0.319 e. The van der Waals surface area contributed by atoms with Crippen molar-refractivity contribution in [2.75, 3.05) is 20.6 Å². The first-order valence-corrected chi connectivity index (χ1v) is 2.69. The third-order valence-electron chi connectivity index (χ3n) is 0.815. The van der Waals surface area contributed by atoms with E-state index in [2.05, 4.69) is 30.4 Å². The summed E-state index contributed by atoms with van der Waals surface area (Å²) in [5.74, 6) is 0. The van der Waals surface area contributed by atoms with E-state index in [0.717, 1.165) is 4.25 Å². The van der Waals surface area contributed by atoms with Crippen LogP contribution < -0.4 is 0 Å². The van der Waals surface area contributed by atoms with Crippen LogP contribution in [-0.4, -0.2) is 24.9 Å². The number of nitrogens with zero attached hydrogens (tertiary/aromatic N) is 1. The van der Waals surface area contributed by atoms with Crippen LogP contribution in [0.25, 0.3) is 0 Å². The predicted octanol–water partition coefficient (Wildman–Crippen LogP) is 0.873. The molecule has 0 rings (SSSR count). The van der Waals surface area contributed by atoms with Gasteiger partial charge in [-0.3, -0.25) is 0 Å². The summed E-state index contributed by atoms with van der Waals surface area (Å²) >= 11 is 0. The van der Waals surface area contributed by atoms with Crippen LogP contribution in [0.2, 0.25) is 0 Å². The van der Waals surface area contributed by atoms with Crippen molar-refractivity contribution in [2.24, 2.45) is 0 Å². The zero-order valence-electron chi connectivity index (χ0n) is 4.73. The maximum absolute atomic E-state index is 2.73. The van der Waals surface area contributed by atoms with Crippen LogP contribution >= 0.6 is 9.39 Å². The molecule has 6 heavy (non-hydrogen) atoms.